The molecule has 3 rings (SSSR count). The Morgan fingerprint density at radius 3 is 2.56 bits per heavy atom. The standard InChI is InChI=1S/C19H29N3O4S/c20-18-7-3-6-15(18)12-19(23)21-13-16-4-1-2-5-17(16)14-27(24,25)22-8-10-26-11-9-22/h1-2,4-5,15,18H,3,6-14,20H2,(H,21,23)/t15-,18+/m0/s1. The first-order chi connectivity index (χ1) is 13.0. The quantitative estimate of drug-likeness (QED) is 0.717. The lowest BCUT2D eigenvalue weighted by molar-refractivity contribution is -0.122. The first-order valence-electron chi connectivity index (χ1n) is 9.60. The number of nitrogens with one attached hydrogen (secondary N) is 1. The van der Waals surface area contributed by atoms with Gasteiger partial charge < -0.3 is 15.8 Å². The summed E-state index contributed by atoms with van der Waals surface area (Å²) in [7, 11) is -3.40. The maximum Gasteiger partial charge on any atom is 0.220 e. The molecule has 2 fully saturated rings. The molecule has 1 saturated heterocycles. The molecule has 0 aromatic heterocycles. The van der Waals surface area contributed by atoms with Gasteiger partial charge in [0.1, 0.15) is 0 Å². The molecule has 1 heterocycles. The van der Waals surface area contributed by atoms with Crippen LogP contribution in [0.4, 0.5) is 0 Å². The summed E-state index contributed by atoms with van der Waals surface area (Å²) in [4.78, 5) is 12.3. The summed E-state index contributed by atoms with van der Waals surface area (Å²) < 4.78 is 32.1. The Kier molecular flexibility index (Phi) is 6.86. The molecule has 1 aromatic rings. The van der Waals surface area contributed by atoms with Crippen LogP contribution in [0.1, 0.15) is 36.8 Å². The number of benzene rings is 1. The van der Waals surface area contributed by atoms with Crippen LogP contribution in [0.25, 0.3) is 0 Å². The molecule has 150 valence electrons. The third kappa shape index (κ3) is 5.51. The van der Waals surface area contributed by atoms with E-state index < -0.39 is 10.0 Å². The number of nitrogens with zero attached hydrogens (tertiary/aromatic N) is 1. The Morgan fingerprint density at radius 1 is 1.19 bits per heavy atom. The Hall–Kier alpha value is -1.48. The SMILES string of the molecule is N[C@@H]1CCC[C@H]1CC(=O)NCc1ccccc1CS(=O)(=O)N1CCOCC1. The summed E-state index contributed by atoms with van der Waals surface area (Å²) in [5.41, 5.74) is 7.59. The summed E-state index contributed by atoms with van der Waals surface area (Å²) in [6.45, 7) is 1.97. The number of morpholine rings is 1. The molecule has 1 aromatic carbocycles. The minimum absolute atomic E-state index is 0.0248. The Morgan fingerprint density at radius 2 is 1.89 bits per heavy atom. The van der Waals surface area contributed by atoms with Crippen LogP contribution in [0, 0.1) is 5.92 Å². The Balaban J connectivity index is 1.59. The number of hydrogen-bond donors (Lipinski definition) is 2. The number of hydrogen-bond acceptors (Lipinski definition) is 5. The van der Waals surface area contributed by atoms with Gasteiger partial charge in [0, 0.05) is 32.1 Å². The molecule has 0 bridgehead atoms. The highest BCUT2D eigenvalue weighted by Crippen LogP contribution is 2.26. The maximum absolute atomic E-state index is 12.7. The van der Waals surface area contributed by atoms with Crippen molar-refractivity contribution in [3.8, 4) is 0 Å². The van der Waals surface area contributed by atoms with Crippen molar-refractivity contribution in [2.24, 2.45) is 11.7 Å². The van der Waals surface area contributed by atoms with Gasteiger partial charge in [-0.25, -0.2) is 8.42 Å². The molecular formula is C19H29N3O4S. The highest BCUT2D eigenvalue weighted by atomic mass is 32.2. The van der Waals surface area contributed by atoms with Crippen LogP contribution in [-0.4, -0.2) is 51.0 Å². The van der Waals surface area contributed by atoms with Crippen molar-refractivity contribution < 1.29 is 17.9 Å². The summed E-state index contributed by atoms with van der Waals surface area (Å²) in [5, 5.41) is 2.93. The molecule has 0 radical (unpaired) electrons. The van der Waals surface area contributed by atoms with Crippen LogP contribution in [-0.2, 0) is 31.9 Å². The molecule has 1 aliphatic carbocycles. The zero-order valence-electron chi connectivity index (χ0n) is 15.6. The van der Waals surface area contributed by atoms with Gasteiger partial charge in [-0.15, -0.1) is 0 Å². The molecule has 1 aliphatic heterocycles. The van der Waals surface area contributed by atoms with E-state index in [1.165, 1.54) is 4.31 Å². The number of ether oxygens (including phenoxy) is 1. The minimum Gasteiger partial charge on any atom is -0.379 e. The Bertz CT molecular complexity index is 747. The molecule has 2 aliphatic rings. The number of sulfonamides is 1. The average molecular weight is 396 g/mol. The van der Waals surface area contributed by atoms with E-state index in [-0.39, 0.29) is 23.6 Å². The molecule has 7 nitrogen and oxygen atoms in total. The first-order valence-corrected chi connectivity index (χ1v) is 11.2. The molecule has 1 amide bonds. The third-order valence-electron chi connectivity index (χ3n) is 5.46. The van der Waals surface area contributed by atoms with Crippen LogP contribution in [0.3, 0.4) is 0 Å². The number of carbonyl (C=O) groups is 1. The smallest absolute Gasteiger partial charge is 0.220 e. The van der Waals surface area contributed by atoms with E-state index in [0.717, 1.165) is 30.4 Å². The van der Waals surface area contributed by atoms with Gasteiger partial charge in [-0.05, 0) is 29.9 Å². The molecule has 2 atom stereocenters. The van der Waals surface area contributed by atoms with E-state index >= 15 is 0 Å². The number of amides is 1. The maximum atomic E-state index is 12.7. The fraction of sp³-hybridized carbons (Fsp3) is 0.632. The van der Waals surface area contributed by atoms with E-state index in [1.807, 2.05) is 24.3 Å². The summed E-state index contributed by atoms with van der Waals surface area (Å²) in [6, 6.07) is 7.48. The normalized spacial score (nSPS) is 24.0. The van der Waals surface area contributed by atoms with Crippen molar-refractivity contribution in [1.82, 2.24) is 9.62 Å². The zero-order valence-corrected chi connectivity index (χ0v) is 16.4. The number of rotatable bonds is 7. The van der Waals surface area contributed by atoms with Gasteiger partial charge in [0.05, 0.1) is 19.0 Å². The number of nitrogens with two attached hydrogens (primary N) is 1. The van der Waals surface area contributed by atoms with Gasteiger partial charge in [-0.2, -0.15) is 4.31 Å². The van der Waals surface area contributed by atoms with E-state index in [0.29, 0.717) is 39.3 Å². The lowest BCUT2D eigenvalue weighted by atomic mass is 10.00. The van der Waals surface area contributed by atoms with Crippen molar-refractivity contribution in [2.75, 3.05) is 26.3 Å². The van der Waals surface area contributed by atoms with Gasteiger partial charge in [0.25, 0.3) is 0 Å². The second-order valence-electron chi connectivity index (χ2n) is 7.37. The lowest BCUT2D eigenvalue weighted by Crippen LogP contribution is -2.41. The van der Waals surface area contributed by atoms with Crippen molar-refractivity contribution in [3.05, 3.63) is 35.4 Å². The average Bonchev–Trinajstić information content (AvgIpc) is 3.06. The number of carbonyl (C=O) groups excluding carboxylic acids is 1. The first kappa shape index (κ1) is 20.3. The molecule has 1 saturated carbocycles. The topological polar surface area (TPSA) is 102 Å². The van der Waals surface area contributed by atoms with E-state index in [1.54, 1.807) is 0 Å². The summed E-state index contributed by atoms with van der Waals surface area (Å²) in [5.74, 6) is 0.164. The molecule has 0 unspecified atom stereocenters. The zero-order chi connectivity index (χ0) is 19.3. The van der Waals surface area contributed by atoms with E-state index in [4.69, 9.17) is 10.5 Å². The van der Waals surface area contributed by atoms with Crippen LogP contribution in [0.2, 0.25) is 0 Å². The minimum atomic E-state index is -3.40. The molecule has 0 spiro atoms. The van der Waals surface area contributed by atoms with Gasteiger partial charge in [-0.3, -0.25) is 4.79 Å². The van der Waals surface area contributed by atoms with Crippen molar-refractivity contribution in [3.63, 3.8) is 0 Å². The van der Waals surface area contributed by atoms with Crippen LogP contribution < -0.4 is 11.1 Å². The molecular weight excluding hydrogens is 366 g/mol. The molecule has 3 N–H and O–H groups in total. The van der Waals surface area contributed by atoms with Crippen molar-refractivity contribution >= 4 is 15.9 Å². The monoisotopic (exact) mass is 395 g/mol. The van der Waals surface area contributed by atoms with Crippen LogP contribution in [0.5, 0.6) is 0 Å². The van der Waals surface area contributed by atoms with E-state index in [2.05, 4.69) is 5.32 Å². The van der Waals surface area contributed by atoms with Crippen LogP contribution in [0.15, 0.2) is 24.3 Å². The fourth-order valence-corrected chi connectivity index (χ4v) is 5.37. The Labute approximate surface area is 161 Å². The van der Waals surface area contributed by atoms with Gasteiger partial charge in [0.2, 0.25) is 15.9 Å². The second-order valence-corrected chi connectivity index (χ2v) is 9.34. The van der Waals surface area contributed by atoms with Gasteiger partial charge >= 0.3 is 0 Å². The largest absolute Gasteiger partial charge is 0.379 e. The van der Waals surface area contributed by atoms with Gasteiger partial charge in [-0.1, -0.05) is 30.7 Å². The van der Waals surface area contributed by atoms with Crippen molar-refractivity contribution in [1.29, 1.82) is 0 Å². The van der Waals surface area contributed by atoms with E-state index in [9.17, 15) is 13.2 Å². The van der Waals surface area contributed by atoms with Crippen LogP contribution >= 0.6 is 0 Å². The van der Waals surface area contributed by atoms with Gasteiger partial charge in [0.15, 0.2) is 0 Å². The summed E-state index contributed by atoms with van der Waals surface area (Å²) in [6.07, 6.45) is 3.51. The predicted molar refractivity (Wildman–Crippen MR) is 103 cm³/mol. The fourth-order valence-electron chi connectivity index (χ4n) is 3.81. The summed E-state index contributed by atoms with van der Waals surface area (Å²) >= 11 is 0. The predicted octanol–water partition coefficient (Wildman–Crippen LogP) is 0.982. The molecule has 8 heteroatoms. The second kappa shape index (κ2) is 9.14. The lowest BCUT2D eigenvalue weighted by Gasteiger charge is -2.26. The van der Waals surface area contributed by atoms with Crippen molar-refractivity contribution in [2.45, 2.75) is 44.0 Å². The molecule has 27 heavy (non-hydrogen) atoms. The highest BCUT2D eigenvalue weighted by Gasteiger charge is 2.27. The highest BCUT2D eigenvalue weighted by molar-refractivity contribution is 7.88. The third-order valence-corrected chi connectivity index (χ3v) is 7.29.